The van der Waals surface area contributed by atoms with Gasteiger partial charge in [-0.25, -0.2) is 4.90 Å². The third kappa shape index (κ3) is 4.38. The highest BCUT2D eigenvalue weighted by molar-refractivity contribution is 7.80. The van der Waals surface area contributed by atoms with Crippen molar-refractivity contribution < 1.29 is 33.4 Å². The molecule has 2 aromatic carbocycles. The Hall–Kier alpha value is -4.44. The zero-order chi connectivity index (χ0) is 25.3. The van der Waals surface area contributed by atoms with E-state index >= 15 is 0 Å². The lowest BCUT2D eigenvalue weighted by atomic mass is 10.0. The predicted octanol–water partition coefficient (Wildman–Crippen LogP) is 2.47. The number of nitrogens with zero attached hydrogens (tertiary/aromatic N) is 1. The van der Waals surface area contributed by atoms with Gasteiger partial charge in [0.15, 0.2) is 5.11 Å². The Balaban J connectivity index is 1.71. The molecule has 1 saturated heterocycles. The largest absolute Gasteiger partial charge is 0.545 e. The van der Waals surface area contributed by atoms with Crippen molar-refractivity contribution in [2.75, 3.05) is 19.1 Å². The Morgan fingerprint density at radius 3 is 2.57 bits per heavy atom. The Labute approximate surface area is 205 Å². The standard InChI is InChI=1S/C25H20N2O7S/c1-13-16(5-4-6-17(13)24(30)31)20-10-8-15(34-20)11-18-22(28)26-25(35)27(23(18)29)19-9-7-14(32-2)12-21(19)33-3/h4-12H,1-3H3,(H,30,31)(H,26,28,35)/p-1/b18-11+. The first kappa shape index (κ1) is 23.7. The van der Waals surface area contributed by atoms with E-state index in [1.54, 1.807) is 49.4 Å². The van der Waals surface area contributed by atoms with Gasteiger partial charge in [-0.05, 0) is 55.0 Å². The minimum absolute atomic E-state index is 0.0400. The van der Waals surface area contributed by atoms with E-state index in [2.05, 4.69) is 5.32 Å². The molecule has 2 amide bonds. The van der Waals surface area contributed by atoms with Crippen LogP contribution in [0.3, 0.4) is 0 Å². The summed E-state index contributed by atoms with van der Waals surface area (Å²) in [5, 5.41) is 13.7. The molecule has 0 unspecified atom stereocenters. The van der Waals surface area contributed by atoms with Crippen LogP contribution in [-0.2, 0) is 9.59 Å². The van der Waals surface area contributed by atoms with Crippen molar-refractivity contribution in [3.8, 4) is 22.8 Å². The molecule has 0 spiro atoms. The average Bonchev–Trinajstić information content (AvgIpc) is 3.30. The first-order valence-electron chi connectivity index (χ1n) is 10.3. The minimum Gasteiger partial charge on any atom is -0.545 e. The molecule has 0 bridgehead atoms. The number of anilines is 1. The highest BCUT2D eigenvalue weighted by Gasteiger charge is 2.36. The zero-order valence-electron chi connectivity index (χ0n) is 18.9. The number of carbonyl (C=O) groups is 3. The van der Waals surface area contributed by atoms with Gasteiger partial charge in [-0.1, -0.05) is 18.2 Å². The van der Waals surface area contributed by atoms with Crippen LogP contribution in [-0.4, -0.2) is 37.1 Å². The van der Waals surface area contributed by atoms with Crippen molar-refractivity contribution in [1.29, 1.82) is 0 Å². The van der Waals surface area contributed by atoms with Crippen LogP contribution in [0.2, 0.25) is 0 Å². The molecule has 1 aliphatic rings. The summed E-state index contributed by atoms with van der Waals surface area (Å²) in [5.74, 6) is -1.24. The number of benzene rings is 2. The van der Waals surface area contributed by atoms with Gasteiger partial charge in [0, 0.05) is 17.2 Å². The van der Waals surface area contributed by atoms with Gasteiger partial charge in [-0.2, -0.15) is 0 Å². The maximum atomic E-state index is 13.3. The number of hydrogen-bond acceptors (Lipinski definition) is 8. The average molecular weight is 492 g/mol. The lowest BCUT2D eigenvalue weighted by molar-refractivity contribution is -0.255. The summed E-state index contributed by atoms with van der Waals surface area (Å²) in [4.78, 5) is 38.4. The molecule has 1 N–H and O–H groups in total. The van der Waals surface area contributed by atoms with Crippen molar-refractivity contribution in [3.05, 3.63) is 71.0 Å². The number of carbonyl (C=O) groups excluding carboxylic acids is 3. The summed E-state index contributed by atoms with van der Waals surface area (Å²) < 4.78 is 16.4. The molecule has 10 heteroatoms. The first-order chi connectivity index (χ1) is 16.7. The Morgan fingerprint density at radius 1 is 1.11 bits per heavy atom. The second-order valence-corrected chi connectivity index (χ2v) is 7.85. The normalized spacial score (nSPS) is 14.8. The van der Waals surface area contributed by atoms with E-state index < -0.39 is 17.8 Å². The molecule has 1 aliphatic heterocycles. The molecule has 0 radical (unpaired) electrons. The van der Waals surface area contributed by atoms with Gasteiger partial charge in [-0.3, -0.25) is 14.9 Å². The summed E-state index contributed by atoms with van der Waals surface area (Å²) in [6.07, 6.45) is 1.30. The van der Waals surface area contributed by atoms with Crippen LogP contribution < -0.4 is 24.8 Å². The van der Waals surface area contributed by atoms with Crippen molar-refractivity contribution in [3.63, 3.8) is 0 Å². The minimum atomic E-state index is -1.30. The van der Waals surface area contributed by atoms with E-state index in [1.807, 2.05) is 0 Å². The number of thiocarbonyl (C=S) groups is 1. The summed E-state index contributed by atoms with van der Waals surface area (Å²) in [6, 6.07) is 12.7. The molecule has 0 atom stereocenters. The fourth-order valence-corrected chi connectivity index (χ4v) is 3.96. The van der Waals surface area contributed by atoms with Crippen LogP contribution in [0.1, 0.15) is 21.7 Å². The van der Waals surface area contributed by atoms with Crippen molar-refractivity contribution in [2.45, 2.75) is 6.92 Å². The van der Waals surface area contributed by atoms with E-state index in [4.69, 9.17) is 26.1 Å². The Kier molecular flexibility index (Phi) is 6.39. The second kappa shape index (κ2) is 9.43. The van der Waals surface area contributed by atoms with Crippen LogP contribution in [0.15, 0.2) is 58.5 Å². The summed E-state index contributed by atoms with van der Waals surface area (Å²) in [7, 11) is 2.94. The molecular formula is C25H19N2O7S-. The van der Waals surface area contributed by atoms with E-state index in [-0.39, 0.29) is 22.0 Å². The molecule has 0 saturated carbocycles. The van der Waals surface area contributed by atoms with Gasteiger partial charge in [0.1, 0.15) is 28.6 Å². The number of ether oxygens (including phenoxy) is 2. The van der Waals surface area contributed by atoms with E-state index in [0.717, 1.165) is 4.90 Å². The van der Waals surface area contributed by atoms with E-state index in [1.165, 1.54) is 26.4 Å². The molecular weight excluding hydrogens is 472 g/mol. The van der Waals surface area contributed by atoms with Crippen LogP contribution in [0.25, 0.3) is 17.4 Å². The topological polar surface area (TPSA) is 121 Å². The smallest absolute Gasteiger partial charge is 0.270 e. The zero-order valence-corrected chi connectivity index (χ0v) is 19.7. The van der Waals surface area contributed by atoms with Crippen LogP contribution >= 0.6 is 12.2 Å². The number of aromatic carboxylic acids is 1. The number of hydrogen-bond donors (Lipinski definition) is 1. The van der Waals surface area contributed by atoms with Gasteiger partial charge in [0.2, 0.25) is 0 Å². The number of methoxy groups -OCH3 is 2. The summed E-state index contributed by atoms with van der Waals surface area (Å²) >= 11 is 5.25. The molecule has 9 nitrogen and oxygen atoms in total. The number of nitrogens with one attached hydrogen (secondary N) is 1. The lowest BCUT2D eigenvalue weighted by Gasteiger charge is -2.29. The van der Waals surface area contributed by atoms with Gasteiger partial charge in [0.25, 0.3) is 11.8 Å². The second-order valence-electron chi connectivity index (χ2n) is 7.46. The van der Waals surface area contributed by atoms with E-state index in [9.17, 15) is 19.5 Å². The van der Waals surface area contributed by atoms with Crippen LogP contribution in [0.5, 0.6) is 11.5 Å². The van der Waals surface area contributed by atoms with Crippen LogP contribution in [0, 0.1) is 6.92 Å². The fraction of sp³-hybridized carbons (Fsp3) is 0.120. The fourth-order valence-electron chi connectivity index (χ4n) is 3.69. The summed E-state index contributed by atoms with van der Waals surface area (Å²) in [6.45, 7) is 1.64. The Morgan fingerprint density at radius 2 is 1.89 bits per heavy atom. The highest BCUT2D eigenvalue weighted by Crippen LogP contribution is 2.35. The highest BCUT2D eigenvalue weighted by atomic mass is 32.1. The molecule has 0 aliphatic carbocycles. The Bertz CT molecular complexity index is 1410. The molecule has 3 aromatic rings. The number of rotatable bonds is 6. The molecule has 1 fully saturated rings. The molecule has 35 heavy (non-hydrogen) atoms. The first-order valence-corrected chi connectivity index (χ1v) is 10.7. The van der Waals surface area contributed by atoms with Crippen molar-refractivity contribution >= 4 is 46.9 Å². The quantitative estimate of drug-likeness (QED) is 0.317. The molecule has 4 rings (SSSR count). The third-order valence-corrected chi connectivity index (χ3v) is 5.75. The molecule has 1 aromatic heterocycles. The third-order valence-electron chi connectivity index (χ3n) is 5.46. The maximum absolute atomic E-state index is 13.3. The molecule has 178 valence electrons. The number of carboxylic acid groups (broad SMARTS) is 1. The lowest BCUT2D eigenvalue weighted by Crippen LogP contribution is -2.54. The molecule has 2 heterocycles. The number of carboxylic acids is 1. The predicted molar refractivity (Wildman–Crippen MR) is 129 cm³/mol. The van der Waals surface area contributed by atoms with Gasteiger partial charge in [0.05, 0.1) is 25.9 Å². The van der Waals surface area contributed by atoms with Crippen molar-refractivity contribution in [2.24, 2.45) is 0 Å². The SMILES string of the molecule is COc1ccc(N2C(=O)/C(=C/c3ccc(-c4cccc(C(=O)[O-])c4C)o3)C(=O)NC2=S)c(OC)c1. The van der Waals surface area contributed by atoms with Crippen molar-refractivity contribution in [1.82, 2.24) is 5.32 Å². The summed E-state index contributed by atoms with van der Waals surface area (Å²) in [5.41, 5.74) is 1.16. The maximum Gasteiger partial charge on any atom is 0.270 e. The van der Waals surface area contributed by atoms with Gasteiger partial charge >= 0.3 is 0 Å². The van der Waals surface area contributed by atoms with E-state index in [0.29, 0.717) is 34.1 Å². The number of furan rings is 1. The number of amides is 2. The van der Waals surface area contributed by atoms with Gasteiger partial charge < -0.3 is 23.8 Å². The van der Waals surface area contributed by atoms with Crippen LogP contribution in [0.4, 0.5) is 5.69 Å². The van der Waals surface area contributed by atoms with Gasteiger partial charge in [-0.15, -0.1) is 0 Å². The monoisotopic (exact) mass is 491 g/mol.